The van der Waals surface area contributed by atoms with Crippen molar-refractivity contribution in [2.24, 2.45) is 0 Å². The highest BCUT2D eigenvalue weighted by Crippen LogP contribution is 2.37. The highest BCUT2D eigenvalue weighted by Gasteiger charge is 2.26. The minimum absolute atomic E-state index is 0.0412. The van der Waals surface area contributed by atoms with Crippen molar-refractivity contribution < 1.29 is 28.1 Å². The molecular weight excluding hydrogens is 625 g/mol. The second-order valence-corrected chi connectivity index (χ2v) is 12.2. The first kappa shape index (κ1) is 31.4. The molecule has 1 unspecified atom stereocenters. The third kappa shape index (κ3) is 7.65. The number of anilines is 2. The van der Waals surface area contributed by atoms with Crippen molar-refractivity contribution in [1.29, 1.82) is 0 Å². The molecule has 0 radical (unpaired) electrons. The molecule has 0 aliphatic heterocycles. The number of nitrogens with two attached hydrogens (primary N) is 2. The van der Waals surface area contributed by atoms with Gasteiger partial charge in [-0.15, -0.1) is 0 Å². The van der Waals surface area contributed by atoms with Crippen LogP contribution in [0, 0.1) is 0 Å². The summed E-state index contributed by atoms with van der Waals surface area (Å²) in [7, 11) is -3.87. The van der Waals surface area contributed by atoms with Crippen LogP contribution in [0.5, 0.6) is 5.75 Å². The lowest BCUT2D eigenvalue weighted by Crippen LogP contribution is -2.40. The average molecular weight is 661 g/mol. The molecule has 5 N–H and O–H groups in total. The molecule has 1 atom stereocenters. The lowest BCUT2D eigenvalue weighted by Gasteiger charge is -2.21. The zero-order chi connectivity index (χ0) is 30.3. The Balaban J connectivity index is 1.63. The summed E-state index contributed by atoms with van der Waals surface area (Å²) in [5.41, 5.74) is 14.5. The standard InChI is InChI=1S/C28H35BrN7O5P/c1-3-35-21-13-12-20(40-18-19-10-6-5-7-11-19)16-22(21)36(14-8-9-15-42(38,39)41-4-2)23(35)17-32-28(37)24-26(30)34-27(31)25(29)33-24/h5-7,10-13,16H,3-4,8-9,14-15,17-18H2,1-2H3,(H5-,30,31,32,34,37,38,39). The molecule has 0 bridgehead atoms. The number of amides is 1. The van der Waals surface area contributed by atoms with Crippen LogP contribution in [0.25, 0.3) is 11.0 Å². The van der Waals surface area contributed by atoms with Gasteiger partial charge in [0.1, 0.15) is 31.1 Å². The van der Waals surface area contributed by atoms with Crippen LogP contribution in [-0.4, -0.2) is 33.2 Å². The Labute approximate surface area is 252 Å². The van der Waals surface area contributed by atoms with E-state index in [0.717, 1.165) is 22.4 Å². The first-order valence-corrected chi connectivity index (χ1v) is 16.2. The summed E-state index contributed by atoms with van der Waals surface area (Å²) in [5.74, 6) is 1.02. The van der Waals surface area contributed by atoms with E-state index < -0.39 is 13.5 Å². The van der Waals surface area contributed by atoms with Gasteiger partial charge in [-0.1, -0.05) is 30.3 Å². The van der Waals surface area contributed by atoms with Gasteiger partial charge >= 0.3 is 0 Å². The maximum Gasteiger partial charge on any atom is 0.277 e. The fourth-order valence-corrected chi connectivity index (χ4v) is 6.08. The molecule has 14 heteroatoms. The molecule has 0 saturated carbocycles. The van der Waals surface area contributed by atoms with Crippen LogP contribution in [0.3, 0.4) is 0 Å². The van der Waals surface area contributed by atoms with Gasteiger partial charge < -0.3 is 35.5 Å². The van der Waals surface area contributed by atoms with E-state index in [1.54, 1.807) is 6.92 Å². The van der Waals surface area contributed by atoms with Gasteiger partial charge in [-0.25, -0.2) is 19.1 Å². The highest BCUT2D eigenvalue weighted by molar-refractivity contribution is 9.10. The lowest BCUT2D eigenvalue weighted by atomic mass is 10.2. The summed E-state index contributed by atoms with van der Waals surface area (Å²) in [6.45, 7) is 5.51. The van der Waals surface area contributed by atoms with Crippen LogP contribution in [0.2, 0.25) is 0 Å². The number of aromatic nitrogens is 4. The van der Waals surface area contributed by atoms with Crippen LogP contribution in [0.1, 0.15) is 48.6 Å². The Morgan fingerprint density at radius 3 is 2.60 bits per heavy atom. The van der Waals surface area contributed by atoms with E-state index in [4.69, 9.17) is 20.7 Å². The Bertz CT molecular complexity index is 1600. The molecule has 0 spiro atoms. The van der Waals surface area contributed by atoms with E-state index in [1.807, 2.05) is 55.5 Å². The normalized spacial score (nSPS) is 12.8. The van der Waals surface area contributed by atoms with E-state index in [-0.39, 0.29) is 41.2 Å². The third-order valence-corrected chi connectivity index (χ3v) is 8.73. The van der Waals surface area contributed by atoms with Gasteiger partial charge in [0.15, 0.2) is 28.4 Å². The predicted octanol–water partition coefficient (Wildman–Crippen LogP) is 3.54. The number of unbranched alkanes of at least 4 members (excludes halogenated alkanes) is 1. The molecular formula is C28H35BrN7O5P. The van der Waals surface area contributed by atoms with Crippen LogP contribution in [0.4, 0.5) is 11.6 Å². The number of halogens is 1. The number of ether oxygens (including phenoxy) is 1. The summed E-state index contributed by atoms with van der Waals surface area (Å²) < 4.78 is 27.5. The van der Waals surface area contributed by atoms with Gasteiger partial charge in [0.05, 0.1) is 19.7 Å². The number of hydrogen-bond acceptors (Lipinski definition) is 9. The molecule has 0 saturated heterocycles. The first-order chi connectivity index (χ1) is 20.1. The zero-order valence-corrected chi connectivity index (χ0v) is 26.1. The van der Waals surface area contributed by atoms with Crippen molar-refractivity contribution in [3.05, 3.63) is 70.2 Å². The number of carbonyl (C=O) groups is 1. The second-order valence-electron chi connectivity index (χ2n) is 9.51. The Kier molecular flexibility index (Phi) is 10.6. The Morgan fingerprint density at radius 2 is 1.88 bits per heavy atom. The number of imidazole rings is 1. The summed E-state index contributed by atoms with van der Waals surface area (Å²) >= 11 is 3.19. The molecule has 0 fully saturated rings. The Hall–Kier alpha value is -3.51. The van der Waals surface area contributed by atoms with Crippen molar-refractivity contribution in [3.8, 4) is 5.75 Å². The molecule has 42 heavy (non-hydrogen) atoms. The lowest BCUT2D eigenvalue weighted by molar-refractivity contribution is -0.676. The highest BCUT2D eigenvalue weighted by atomic mass is 79.9. The van der Waals surface area contributed by atoms with Gasteiger partial charge in [-0.05, 0) is 60.3 Å². The fraction of sp³-hybridized carbons (Fsp3) is 0.357. The van der Waals surface area contributed by atoms with E-state index in [0.29, 0.717) is 38.3 Å². The quantitative estimate of drug-likeness (QED) is 0.104. The number of nitrogen functional groups attached to an aromatic ring is 2. The SMILES string of the molecule is CCOP(=O)([O-])CCCCn1c(CNC(=O)c2nc(Br)c(N)nc2N)[n+](CC)c2ccc(OCc3ccccc3)cc21. The van der Waals surface area contributed by atoms with Crippen LogP contribution in [0.15, 0.2) is 53.1 Å². The van der Waals surface area contributed by atoms with Crippen LogP contribution < -0.4 is 31.0 Å². The van der Waals surface area contributed by atoms with E-state index >= 15 is 0 Å². The maximum absolute atomic E-state index is 13.1. The minimum atomic E-state index is -3.87. The Morgan fingerprint density at radius 1 is 1.12 bits per heavy atom. The van der Waals surface area contributed by atoms with Gasteiger partial charge in [0.2, 0.25) is 0 Å². The summed E-state index contributed by atoms with van der Waals surface area (Å²) in [4.78, 5) is 33.3. The number of nitrogens with zero attached hydrogens (tertiary/aromatic N) is 4. The number of hydrogen-bond donors (Lipinski definition) is 3. The topological polar surface area (TPSA) is 174 Å². The van der Waals surface area contributed by atoms with Gasteiger partial charge in [-0.2, -0.15) is 0 Å². The molecule has 1 amide bonds. The number of rotatable bonds is 14. The molecule has 4 rings (SSSR count). The van der Waals surface area contributed by atoms with Gasteiger partial charge in [0, 0.05) is 12.2 Å². The van der Waals surface area contributed by atoms with Crippen molar-refractivity contribution in [1.82, 2.24) is 19.9 Å². The van der Waals surface area contributed by atoms with Crippen molar-refractivity contribution in [2.45, 2.75) is 52.9 Å². The van der Waals surface area contributed by atoms with Crippen LogP contribution >= 0.6 is 23.5 Å². The molecule has 2 aromatic carbocycles. The van der Waals surface area contributed by atoms with Gasteiger partial charge in [0.25, 0.3) is 11.7 Å². The predicted molar refractivity (Wildman–Crippen MR) is 162 cm³/mol. The van der Waals surface area contributed by atoms with E-state index in [1.165, 1.54) is 0 Å². The summed E-state index contributed by atoms with van der Waals surface area (Å²) in [6, 6.07) is 15.8. The largest absolute Gasteiger partial charge is 0.778 e. The number of aryl methyl sites for hydroxylation is 2. The van der Waals surface area contributed by atoms with E-state index in [9.17, 15) is 14.3 Å². The molecule has 2 heterocycles. The maximum atomic E-state index is 13.1. The van der Waals surface area contributed by atoms with Crippen molar-refractivity contribution in [2.75, 3.05) is 24.2 Å². The molecule has 0 aliphatic carbocycles. The van der Waals surface area contributed by atoms with Crippen molar-refractivity contribution >= 4 is 52.1 Å². The smallest absolute Gasteiger partial charge is 0.277 e. The molecule has 0 aliphatic rings. The van der Waals surface area contributed by atoms with Crippen LogP contribution in [-0.2, 0) is 35.3 Å². The number of carbonyl (C=O) groups excluding carboxylic acids is 1. The first-order valence-electron chi connectivity index (χ1n) is 13.7. The second kappa shape index (κ2) is 14.1. The molecule has 224 valence electrons. The zero-order valence-electron chi connectivity index (χ0n) is 23.6. The third-order valence-electron chi connectivity index (χ3n) is 6.63. The number of fused-ring (bicyclic) bond motifs is 1. The summed E-state index contributed by atoms with van der Waals surface area (Å²) in [5, 5.41) is 2.90. The number of benzene rings is 2. The van der Waals surface area contributed by atoms with E-state index in [2.05, 4.69) is 40.3 Å². The van der Waals surface area contributed by atoms with Crippen molar-refractivity contribution in [3.63, 3.8) is 0 Å². The number of nitrogens with one attached hydrogen (secondary N) is 1. The molecule has 2 aromatic heterocycles. The fourth-order valence-electron chi connectivity index (χ4n) is 4.68. The molecule has 12 nitrogen and oxygen atoms in total. The monoisotopic (exact) mass is 659 g/mol. The molecule has 4 aromatic rings. The summed E-state index contributed by atoms with van der Waals surface area (Å²) in [6.07, 6.45) is 0.954. The van der Waals surface area contributed by atoms with Gasteiger partial charge in [-0.3, -0.25) is 4.79 Å². The average Bonchev–Trinajstić information content (AvgIpc) is 3.26. The minimum Gasteiger partial charge on any atom is -0.778 e.